The fraction of sp³-hybridized carbons (Fsp3) is 0.100. The van der Waals surface area contributed by atoms with Crippen LogP contribution in [0.15, 0.2) is 279 Å². The van der Waals surface area contributed by atoms with Crippen LogP contribution in [0.1, 0.15) is 20.8 Å². The van der Waals surface area contributed by atoms with Crippen LogP contribution in [-0.4, -0.2) is 89.2 Å². The van der Waals surface area contributed by atoms with Gasteiger partial charge in [0.25, 0.3) is 0 Å². The van der Waals surface area contributed by atoms with Gasteiger partial charge < -0.3 is 34.3 Å². The molecule has 12 aromatic rings. The summed E-state index contributed by atoms with van der Waals surface area (Å²) >= 11 is 0. The number of ether oxygens (including phenoxy) is 4. The molecule has 15 nitrogen and oxygen atoms in total. The topological polar surface area (TPSA) is 209 Å². The zero-order valence-electron chi connectivity index (χ0n) is 52.4. The molecule has 0 amide bonds. The number of esters is 2. The smallest absolute Gasteiger partial charge is 0.333 e. The predicted molar refractivity (Wildman–Crippen MR) is 370 cm³/mol. The molecule has 12 rings (SSSR count). The van der Waals surface area contributed by atoms with Gasteiger partial charge in [-0.15, -0.1) is 0 Å². The first-order chi connectivity index (χ1) is 46.2. The summed E-state index contributed by atoms with van der Waals surface area (Å²) in [6.45, 7) is 11.6. The molecule has 15 heteroatoms. The van der Waals surface area contributed by atoms with Crippen LogP contribution < -0.4 is 9.47 Å². The lowest BCUT2D eigenvalue weighted by atomic mass is 10.0. The lowest BCUT2D eigenvalue weighted by Gasteiger charge is -2.16. The average molecular weight is 1260 g/mol. The van der Waals surface area contributed by atoms with Crippen molar-refractivity contribution in [2.45, 2.75) is 33.0 Å². The molecule has 0 aliphatic rings. The molecule has 95 heavy (non-hydrogen) atoms. The van der Waals surface area contributed by atoms with E-state index in [0.29, 0.717) is 57.3 Å². The molecule has 2 atom stereocenters. The number of aromatic hydroxyl groups is 2. The summed E-state index contributed by atoms with van der Waals surface area (Å²) < 4.78 is 21.7. The number of carbonyl (C=O) groups is 2. The van der Waals surface area contributed by atoms with Crippen LogP contribution in [0, 0.1) is 0 Å². The molecular weight excluding hydrogens is 1190 g/mol. The minimum atomic E-state index is -1.06. The predicted octanol–water partition coefficient (Wildman–Crippen LogP) is 16.6. The number of hydrogen-bond donors (Lipinski definition) is 3. The molecular formula is C80H66N6O9. The number of hydrogen-bond acceptors (Lipinski definition) is 15. The number of nitrogens with zero attached hydrogens (tertiary/aromatic N) is 6. The third-order valence-electron chi connectivity index (χ3n) is 15.0. The van der Waals surface area contributed by atoms with Crippen molar-refractivity contribution >= 4 is 11.9 Å². The Morgan fingerprint density at radius 3 is 0.947 bits per heavy atom. The van der Waals surface area contributed by atoms with Gasteiger partial charge in [0.15, 0.2) is 34.9 Å². The molecule has 0 radical (unpaired) electrons. The van der Waals surface area contributed by atoms with Crippen LogP contribution in [0.25, 0.3) is 113 Å². The maximum atomic E-state index is 11.7. The van der Waals surface area contributed by atoms with Crippen molar-refractivity contribution in [1.29, 1.82) is 0 Å². The molecule has 2 heterocycles. The molecule has 2 aromatic heterocycles. The summed E-state index contributed by atoms with van der Waals surface area (Å²) in [5, 5.41) is 32.4. The first kappa shape index (κ1) is 64.3. The van der Waals surface area contributed by atoms with Crippen molar-refractivity contribution in [3.63, 3.8) is 0 Å². The summed E-state index contributed by atoms with van der Waals surface area (Å²) in [5.74, 6) is 1.93. The van der Waals surface area contributed by atoms with Crippen LogP contribution in [0.5, 0.6) is 23.0 Å². The Balaban J connectivity index is 0.000000193. The minimum Gasteiger partial charge on any atom is -0.507 e. The molecule has 0 aliphatic heterocycles. The normalized spacial score (nSPS) is 11.5. The Bertz CT molecular complexity index is 4440. The van der Waals surface area contributed by atoms with E-state index >= 15 is 0 Å². The molecule has 10 aromatic carbocycles. The number of aromatic nitrogens is 6. The van der Waals surface area contributed by atoms with E-state index in [1.807, 2.05) is 170 Å². The summed E-state index contributed by atoms with van der Waals surface area (Å²) in [6, 6.07) is 82.3. The van der Waals surface area contributed by atoms with Crippen LogP contribution in [0.4, 0.5) is 0 Å². The fourth-order valence-electron chi connectivity index (χ4n) is 9.96. The second-order valence-electron chi connectivity index (χ2n) is 22.4. The third-order valence-corrected chi connectivity index (χ3v) is 15.0. The van der Waals surface area contributed by atoms with Crippen molar-refractivity contribution in [3.8, 4) is 136 Å². The Labute approximate surface area is 550 Å². The Hall–Kier alpha value is -12.2. The summed E-state index contributed by atoms with van der Waals surface area (Å²) in [7, 11) is 0. The highest BCUT2D eigenvalue weighted by Crippen LogP contribution is 2.37. The van der Waals surface area contributed by atoms with Gasteiger partial charge in [0.1, 0.15) is 55.0 Å². The molecule has 0 saturated heterocycles. The molecule has 470 valence electrons. The quantitative estimate of drug-likeness (QED) is 0.0451. The molecule has 0 spiro atoms. The second-order valence-corrected chi connectivity index (χ2v) is 22.4. The average Bonchev–Trinajstić information content (AvgIpc) is 0.825. The van der Waals surface area contributed by atoms with Gasteiger partial charge in [-0.05, 0) is 89.5 Å². The first-order valence-electron chi connectivity index (χ1n) is 30.6. The van der Waals surface area contributed by atoms with Crippen LogP contribution >= 0.6 is 0 Å². The van der Waals surface area contributed by atoms with Crippen molar-refractivity contribution < 1.29 is 43.9 Å². The van der Waals surface area contributed by atoms with Crippen molar-refractivity contribution in [2.24, 2.45) is 0 Å². The Kier molecular flexibility index (Phi) is 20.5. The second kappa shape index (κ2) is 30.3. The highest BCUT2D eigenvalue weighted by Gasteiger charge is 2.20. The van der Waals surface area contributed by atoms with Crippen molar-refractivity contribution in [3.05, 3.63) is 279 Å². The van der Waals surface area contributed by atoms with E-state index in [9.17, 15) is 24.9 Å². The Morgan fingerprint density at radius 2 is 0.632 bits per heavy atom. The molecule has 0 aliphatic carbocycles. The zero-order valence-corrected chi connectivity index (χ0v) is 52.4. The number of phenolic OH excluding ortho intramolecular Hbond substituents is 2. The highest BCUT2D eigenvalue weighted by molar-refractivity contribution is 5.87. The number of benzene rings is 10. The van der Waals surface area contributed by atoms with Crippen LogP contribution in [0.3, 0.4) is 0 Å². The standard InChI is InChI=1S/C40H33N3O5.C40H33N3O4/c1-26(2)40(46)48-25-33(44)24-47-34-21-22-35(36(45)23-34)39-42-37(31-17-13-29(14-18-31)27-9-5-3-6-10-27)41-38(43-39)32-19-15-30(16-20-32)28-11-7-4-8-12-28;1-26(2)40(45)46-25-27(3)47-34-22-23-35(36(44)24-34)39-42-37(32-18-14-30(15-19-32)28-10-6-4-7-11-28)41-38(43-39)33-20-16-31(17-21-33)29-12-8-5-9-13-29/h3-23,33,44-45H,1,24-25H2,2H3;4-24,27,44H,1,25H2,2-3H3. The number of phenols is 2. The van der Waals surface area contributed by atoms with Gasteiger partial charge in [0, 0.05) is 45.5 Å². The van der Waals surface area contributed by atoms with E-state index in [4.69, 9.17) is 48.9 Å². The molecule has 3 N–H and O–H groups in total. The van der Waals surface area contributed by atoms with E-state index in [-0.39, 0.29) is 42.7 Å². The largest absolute Gasteiger partial charge is 0.507 e. The SMILES string of the molecule is C=C(C)C(=O)OCC(C)Oc1ccc(-c2nc(-c3ccc(-c4ccccc4)cc3)nc(-c3ccc(-c4ccccc4)cc3)n2)c(O)c1.C=C(C)C(=O)OCC(O)COc1ccc(-c2nc(-c3ccc(-c4ccccc4)cc3)nc(-c3ccc(-c4ccccc4)cc3)n2)c(O)c1. The number of aliphatic hydroxyl groups excluding tert-OH is 1. The monoisotopic (exact) mass is 1250 g/mol. The van der Waals surface area contributed by atoms with Gasteiger partial charge in [-0.1, -0.05) is 232 Å². The maximum Gasteiger partial charge on any atom is 0.333 e. The highest BCUT2D eigenvalue weighted by atomic mass is 16.6. The summed E-state index contributed by atoms with van der Waals surface area (Å²) in [6.07, 6.45) is -1.51. The first-order valence-corrected chi connectivity index (χ1v) is 30.6. The van der Waals surface area contributed by atoms with Gasteiger partial charge in [0.2, 0.25) is 0 Å². The summed E-state index contributed by atoms with van der Waals surface area (Å²) in [5.41, 5.74) is 13.3. The minimum absolute atomic E-state index is 0.0422. The van der Waals surface area contributed by atoms with E-state index in [1.165, 1.54) is 19.1 Å². The molecule has 2 unspecified atom stereocenters. The molecule has 0 fully saturated rings. The lowest BCUT2D eigenvalue weighted by molar-refractivity contribution is -0.142. The number of carbonyl (C=O) groups excluding carboxylic acids is 2. The van der Waals surface area contributed by atoms with E-state index in [2.05, 4.69) is 61.7 Å². The number of aliphatic hydroxyl groups is 1. The van der Waals surface area contributed by atoms with E-state index in [0.717, 1.165) is 66.8 Å². The van der Waals surface area contributed by atoms with Gasteiger partial charge >= 0.3 is 11.9 Å². The maximum absolute atomic E-state index is 11.7. The zero-order chi connectivity index (χ0) is 66.2. The summed E-state index contributed by atoms with van der Waals surface area (Å²) in [4.78, 5) is 52.2. The van der Waals surface area contributed by atoms with Crippen molar-refractivity contribution in [1.82, 2.24) is 29.9 Å². The van der Waals surface area contributed by atoms with Crippen LogP contribution in [0.2, 0.25) is 0 Å². The number of rotatable bonds is 21. The van der Waals surface area contributed by atoms with Gasteiger partial charge in [-0.3, -0.25) is 0 Å². The molecule has 0 bridgehead atoms. The Morgan fingerprint density at radius 1 is 0.358 bits per heavy atom. The van der Waals surface area contributed by atoms with E-state index in [1.54, 1.807) is 38.1 Å². The van der Waals surface area contributed by atoms with Gasteiger partial charge in [0.05, 0.1) is 11.1 Å². The fourth-order valence-corrected chi connectivity index (χ4v) is 9.96. The lowest BCUT2D eigenvalue weighted by Crippen LogP contribution is -2.25. The van der Waals surface area contributed by atoms with Crippen LogP contribution in [-0.2, 0) is 19.1 Å². The van der Waals surface area contributed by atoms with Gasteiger partial charge in [-0.25, -0.2) is 39.5 Å². The van der Waals surface area contributed by atoms with E-state index < -0.39 is 24.1 Å². The molecule has 0 saturated carbocycles. The third kappa shape index (κ3) is 16.7. The van der Waals surface area contributed by atoms with Crippen molar-refractivity contribution in [2.75, 3.05) is 19.8 Å². The van der Waals surface area contributed by atoms with Gasteiger partial charge in [-0.2, -0.15) is 0 Å².